The molecule has 0 radical (unpaired) electrons. The molecule has 3 aromatic rings. The average molecular weight is 717 g/mol. The van der Waals surface area contributed by atoms with Gasteiger partial charge in [0.25, 0.3) is 0 Å². The summed E-state index contributed by atoms with van der Waals surface area (Å²) in [6, 6.07) is 15.9. The predicted molar refractivity (Wildman–Crippen MR) is 142 cm³/mol. The first-order valence-electron chi connectivity index (χ1n) is 9.18. The van der Waals surface area contributed by atoms with Crippen molar-refractivity contribution in [2.75, 3.05) is 0 Å². The molecule has 5 heteroatoms. The molecule has 0 aliphatic rings. The molecule has 1 nitrogen and oxygen atoms in total. The smallest absolute Gasteiger partial charge is 0.0888 e. The van der Waals surface area contributed by atoms with E-state index < -0.39 is 8.15 Å². The third kappa shape index (κ3) is 6.56. The standard InChI is InChI=1S/C12H9I2OP.C12H18.Ru/c13-10-7-4-8-11(12(10)14)16(15)9-5-2-1-3-6-9;1-7-8(2)10(4)12(6)11(5)9(7)3;/h1-8,15H;1-6H3;. The Hall–Kier alpha value is 0.133. The summed E-state index contributed by atoms with van der Waals surface area (Å²) < 4.78 is 2.34. The van der Waals surface area contributed by atoms with E-state index in [1.807, 2.05) is 42.5 Å². The Kier molecular flexibility index (Phi) is 11.5. The van der Waals surface area contributed by atoms with Crippen LogP contribution in [0.1, 0.15) is 33.4 Å². The average Bonchev–Trinajstić information content (AvgIpc) is 2.72. The molecule has 0 saturated carbocycles. The molecule has 1 unspecified atom stereocenters. The van der Waals surface area contributed by atoms with Gasteiger partial charge in [-0.3, -0.25) is 0 Å². The number of hydrogen-bond donors (Lipinski definition) is 1. The Morgan fingerprint density at radius 2 is 1.03 bits per heavy atom. The fourth-order valence-electron chi connectivity index (χ4n) is 3.05. The van der Waals surface area contributed by atoms with Crippen LogP contribution in [0.25, 0.3) is 0 Å². The van der Waals surface area contributed by atoms with E-state index in [9.17, 15) is 4.89 Å². The molecule has 0 saturated heterocycles. The van der Waals surface area contributed by atoms with Crippen LogP contribution in [0.5, 0.6) is 0 Å². The summed E-state index contributed by atoms with van der Waals surface area (Å²) in [4.78, 5) is 10.4. The molecule has 156 valence electrons. The molecular formula is C24H27I2OPRu. The normalized spacial score (nSPS) is 11.2. The van der Waals surface area contributed by atoms with Gasteiger partial charge >= 0.3 is 0 Å². The van der Waals surface area contributed by atoms with Crippen molar-refractivity contribution in [1.82, 2.24) is 0 Å². The van der Waals surface area contributed by atoms with Gasteiger partial charge in [0.1, 0.15) is 0 Å². The molecule has 29 heavy (non-hydrogen) atoms. The first-order chi connectivity index (χ1) is 13.2. The van der Waals surface area contributed by atoms with Crippen LogP contribution in [0.3, 0.4) is 0 Å². The zero-order valence-corrected chi connectivity index (χ0v) is 24.6. The molecule has 0 bridgehead atoms. The van der Waals surface area contributed by atoms with Crippen LogP contribution in [0.15, 0.2) is 48.5 Å². The maximum atomic E-state index is 10.4. The monoisotopic (exact) mass is 718 g/mol. The molecule has 0 aliphatic heterocycles. The first-order valence-corrected chi connectivity index (χ1v) is 12.6. The van der Waals surface area contributed by atoms with Gasteiger partial charge in [-0.2, -0.15) is 0 Å². The van der Waals surface area contributed by atoms with E-state index in [1.54, 1.807) is 0 Å². The SMILES string of the molecule is Cc1c(C)c(C)c(C)c(C)c1C.OP(c1ccccc1)c1cccc(I)c1I.[Ru]. The minimum Gasteiger partial charge on any atom is -0.364 e. The van der Waals surface area contributed by atoms with E-state index in [2.05, 4.69) is 92.8 Å². The van der Waals surface area contributed by atoms with Gasteiger partial charge in [-0.25, -0.2) is 0 Å². The van der Waals surface area contributed by atoms with Crippen LogP contribution in [0.2, 0.25) is 0 Å². The predicted octanol–water partition coefficient (Wildman–Crippen LogP) is 6.77. The molecule has 1 N–H and O–H groups in total. The van der Waals surface area contributed by atoms with Crippen LogP contribution in [-0.2, 0) is 19.5 Å². The van der Waals surface area contributed by atoms with Crippen LogP contribution in [-0.4, -0.2) is 4.89 Å². The molecule has 0 amide bonds. The van der Waals surface area contributed by atoms with Gasteiger partial charge in [0, 0.05) is 37.2 Å². The molecule has 3 aromatic carbocycles. The number of halogens is 2. The Balaban J connectivity index is 0.000000292. The molecule has 0 aliphatic carbocycles. The fourth-order valence-corrected chi connectivity index (χ4v) is 6.07. The van der Waals surface area contributed by atoms with Crippen molar-refractivity contribution in [3.05, 3.63) is 89.1 Å². The molecule has 1 atom stereocenters. The van der Waals surface area contributed by atoms with Crippen molar-refractivity contribution in [1.29, 1.82) is 0 Å². The Labute approximate surface area is 217 Å². The minimum absolute atomic E-state index is 0. The summed E-state index contributed by atoms with van der Waals surface area (Å²) in [6.07, 6.45) is 0. The van der Waals surface area contributed by atoms with E-state index in [-0.39, 0.29) is 19.5 Å². The summed E-state index contributed by atoms with van der Waals surface area (Å²) in [5.74, 6) is 0. The topological polar surface area (TPSA) is 20.2 Å². The van der Waals surface area contributed by atoms with Gasteiger partial charge in [-0.15, -0.1) is 0 Å². The van der Waals surface area contributed by atoms with Gasteiger partial charge in [0.2, 0.25) is 0 Å². The van der Waals surface area contributed by atoms with Crippen molar-refractivity contribution >= 4 is 63.9 Å². The van der Waals surface area contributed by atoms with Crippen LogP contribution in [0.4, 0.5) is 0 Å². The summed E-state index contributed by atoms with van der Waals surface area (Å²) in [7, 11) is -1.22. The van der Waals surface area contributed by atoms with Crippen molar-refractivity contribution < 1.29 is 24.4 Å². The van der Waals surface area contributed by atoms with E-state index >= 15 is 0 Å². The van der Waals surface area contributed by atoms with Crippen LogP contribution < -0.4 is 10.6 Å². The van der Waals surface area contributed by atoms with E-state index in [0.717, 1.165) is 14.2 Å². The quantitative estimate of drug-likeness (QED) is 0.177. The number of hydrogen-bond acceptors (Lipinski definition) is 1. The zero-order valence-electron chi connectivity index (χ0n) is 17.6. The number of benzene rings is 3. The minimum atomic E-state index is -1.22. The third-order valence-corrected chi connectivity index (χ3v) is 10.7. The van der Waals surface area contributed by atoms with Gasteiger partial charge in [0.05, 0.1) is 8.15 Å². The third-order valence-electron chi connectivity index (χ3n) is 5.54. The molecule has 3 rings (SSSR count). The second-order valence-corrected chi connectivity index (χ2v) is 10.8. The maximum Gasteiger partial charge on any atom is 0.0888 e. The van der Waals surface area contributed by atoms with Crippen molar-refractivity contribution in [3.63, 3.8) is 0 Å². The Bertz CT molecular complexity index is 869. The second-order valence-electron chi connectivity index (χ2n) is 6.97. The van der Waals surface area contributed by atoms with Crippen LogP contribution in [0, 0.1) is 48.7 Å². The maximum absolute atomic E-state index is 10.4. The van der Waals surface area contributed by atoms with Crippen molar-refractivity contribution in [2.24, 2.45) is 0 Å². The Morgan fingerprint density at radius 1 is 0.621 bits per heavy atom. The Morgan fingerprint density at radius 3 is 1.45 bits per heavy atom. The van der Waals surface area contributed by atoms with E-state index in [1.165, 1.54) is 37.0 Å². The molecule has 0 spiro atoms. The van der Waals surface area contributed by atoms with Gasteiger partial charge in [-0.1, -0.05) is 42.5 Å². The molecular weight excluding hydrogens is 690 g/mol. The van der Waals surface area contributed by atoms with E-state index in [0.29, 0.717) is 0 Å². The first kappa shape index (κ1) is 27.2. The van der Waals surface area contributed by atoms with Crippen molar-refractivity contribution in [3.8, 4) is 0 Å². The fraction of sp³-hybridized carbons (Fsp3) is 0.250. The summed E-state index contributed by atoms with van der Waals surface area (Å²) in [5.41, 5.74) is 8.73. The van der Waals surface area contributed by atoms with Crippen LogP contribution >= 0.6 is 53.3 Å². The van der Waals surface area contributed by atoms with Gasteiger partial charge < -0.3 is 4.89 Å². The summed E-state index contributed by atoms with van der Waals surface area (Å²) >= 11 is 4.59. The van der Waals surface area contributed by atoms with Gasteiger partial charge in [0.15, 0.2) is 0 Å². The van der Waals surface area contributed by atoms with Gasteiger partial charge in [-0.05, 0) is 126 Å². The summed E-state index contributed by atoms with van der Waals surface area (Å²) in [5, 5.41) is 2.03. The zero-order chi connectivity index (χ0) is 21.0. The largest absolute Gasteiger partial charge is 0.364 e. The van der Waals surface area contributed by atoms with E-state index in [4.69, 9.17) is 0 Å². The number of rotatable bonds is 2. The van der Waals surface area contributed by atoms with Crippen molar-refractivity contribution in [2.45, 2.75) is 41.5 Å². The molecule has 0 fully saturated rings. The molecule has 0 heterocycles. The molecule has 0 aromatic heterocycles. The summed E-state index contributed by atoms with van der Waals surface area (Å²) in [6.45, 7) is 13.3. The second kappa shape index (κ2) is 12.2.